The van der Waals surface area contributed by atoms with Crippen LogP contribution >= 0.6 is 12.4 Å². The molecule has 1 unspecified atom stereocenters. The molecule has 0 radical (unpaired) electrons. The van der Waals surface area contributed by atoms with Crippen LogP contribution in [0.25, 0.3) is 0 Å². The molecule has 1 aromatic carbocycles. The van der Waals surface area contributed by atoms with Crippen molar-refractivity contribution in [3.8, 4) is 0 Å². The van der Waals surface area contributed by atoms with E-state index in [1.807, 2.05) is 18.2 Å². The summed E-state index contributed by atoms with van der Waals surface area (Å²) in [5.41, 5.74) is 6.98. The highest BCUT2D eigenvalue weighted by Gasteiger charge is 2.13. The summed E-state index contributed by atoms with van der Waals surface area (Å²) in [6.45, 7) is 0.693. The van der Waals surface area contributed by atoms with Crippen LogP contribution in [0.3, 0.4) is 0 Å². The predicted octanol–water partition coefficient (Wildman–Crippen LogP) is 3.38. The standard InChI is InChI=1S/C14H17NO.ClH/c15-9-8-13(14-7-4-10-16-14)11-12-5-2-1-3-6-12;/h1-7,10,13H,8-9,11,15H2;1H. The molecule has 0 aliphatic rings. The van der Waals surface area contributed by atoms with Gasteiger partial charge in [-0.25, -0.2) is 0 Å². The van der Waals surface area contributed by atoms with Crippen LogP contribution in [0.15, 0.2) is 53.1 Å². The maximum absolute atomic E-state index is 5.65. The highest BCUT2D eigenvalue weighted by molar-refractivity contribution is 5.85. The van der Waals surface area contributed by atoms with E-state index in [0.717, 1.165) is 18.6 Å². The zero-order chi connectivity index (χ0) is 11.2. The molecular weight excluding hydrogens is 234 g/mol. The summed E-state index contributed by atoms with van der Waals surface area (Å²) < 4.78 is 5.46. The third-order valence-corrected chi connectivity index (χ3v) is 2.79. The predicted molar refractivity (Wildman–Crippen MR) is 72.5 cm³/mol. The quantitative estimate of drug-likeness (QED) is 0.885. The zero-order valence-corrected chi connectivity index (χ0v) is 10.5. The molecule has 0 saturated carbocycles. The Hall–Kier alpha value is -1.25. The molecule has 92 valence electrons. The lowest BCUT2D eigenvalue weighted by atomic mass is 9.94. The molecule has 1 aromatic heterocycles. The van der Waals surface area contributed by atoms with Crippen LogP contribution in [-0.2, 0) is 6.42 Å². The van der Waals surface area contributed by atoms with E-state index in [9.17, 15) is 0 Å². The largest absolute Gasteiger partial charge is 0.469 e. The van der Waals surface area contributed by atoms with Crippen molar-refractivity contribution in [1.82, 2.24) is 0 Å². The third-order valence-electron chi connectivity index (χ3n) is 2.79. The highest BCUT2D eigenvalue weighted by atomic mass is 35.5. The van der Waals surface area contributed by atoms with Gasteiger partial charge in [0.05, 0.1) is 6.26 Å². The Balaban J connectivity index is 0.00000144. The molecule has 0 bridgehead atoms. The fraction of sp³-hybridized carbons (Fsp3) is 0.286. The summed E-state index contributed by atoms with van der Waals surface area (Å²) in [4.78, 5) is 0. The van der Waals surface area contributed by atoms with Crippen molar-refractivity contribution in [2.24, 2.45) is 5.73 Å². The van der Waals surface area contributed by atoms with Crippen LogP contribution in [0.2, 0.25) is 0 Å². The molecule has 3 heteroatoms. The molecule has 0 aliphatic carbocycles. The van der Waals surface area contributed by atoms with Crippen molar-refractivity contribution in [2.45, 2.75) is 18.8 Å². The number of hydrogen-bond acceptors (Lipinski definition) is 2. The van der Waals surface area contributed by atoms with Crippen LogP contribution in [0.1, 0.15) is 23.7 Å². The van der Waals surface area contributed by atoms with Gasteiger partial charge >= 0.3 is 0 Å². The van der Waals surface area contributed by atoms with E-state index in [0.29, 0.717) is 12.5 Å². The monoisotopic (exact) mass is 251 g/mol. The Bertz CT molecular complexity index is 399. The van der Waals surface area contributed by atoms with Crippen LogP contribution < -0.4 is 5.73 Å². The zero-order valence-electron chi connectivity index (χ0n) is 9.71. The van der Waals surface area contributed by atoms with Gasteiger partial charge in [-0.15, -0.1) is 12.4 Å². The van der Waals surface area contributed by atoms with Gasteiger partial charge in [0, 0.05) is 5.92 Å². The van der Waals surface area contributed by atoms with Gasteiger partial charge in [0.2, 0.25) is 0 Å². The van der Waals surface area contributed by atoms with Crippen molar-refractivity contribution in [3.63, 3.8) is 0 Å². The third kappa shape index (κ3) is 3.91. The Morgan fingerprint density at radius 2 is 1.82 bits per heavy atom. The van der Waals surface area contributed by atoms with Crippen LogP contribution in [0, 0.1) is 0 Å². The first-order valence-corrected chi connectivity index (χ1v) is 5.67. The maximum atomic E-state index is 5.65. The topological polar surface area (TPSA) is 39.2 Å². The second kappa shape index (κ2) is 7.15. The van der Waals surface area contributed by atoms with Crippen molar-refractivity contribution in [2.75, 3.05) is 6.54 Å². The summed E-state index contributed by atoms with van der Waals surface area (Å²) in [5.74, 6) is 1.43. The molecule has 0 spiro atoms. The number of halogens is 1. The minimum atomic E-state index is 0. The van der Waals surface area contributed by atoms with Gasteiger partial charge in [0.15, 0.2) is 0 Å². The van der Waals surface area contributed by atoms with E-state index >= 15 is 0 Å². The lowest BCUT2D eigenvalue weighted by Crippen LogP contribution is -2.09. The smallest absolute Gasteiger partial charge is 0.107 e. The number of furan rings is 1. The van der Waals surface area contributed by atoms with Crippen LogP contribution in [-0.4, -0.2) is 6.54 Å². The van der Waals surface area contributed by atoms with Crippen LogP contribution in [0.4, 0.5) is 0 Å². The van der Waals surface area contributed by atoms with Gasteiger partial charge < -0.3 is 10.2 Å². The second-order valence-electron chi connectivity index (χ2n) is 3.98. The molecule has 0 saturated heterocycles. The van der Waals surface area contributed by atoms with Gasteiger partial charge in [-0.2, -0.15) is 0 Å². The van der Waals surface area contributed by atoms with Gasteiger partial charge in [-0.1, -0.05) is 30.3 Å². The molecule has 2 aromatic rings. The fourth-order valence-electron chi connectivity index (χ4n) is 1.97. The van der Waals surface area contributed by atoms with Gasteiger partial charge in [0.1, 0.15) is 5.76 Å². The first-order valence-electron chi connectivity index (χ1n) is 5.67. The molecule has 17 heavy (non-hydrogen) atoms. The molecule has 1 atom stereocenters. The molecule has 0 amide bonds. The number of rotatable bonds is 5. The minimum Gasteiger partial charge on any atom is -0.469 e. The summed E-state index contributed by atoms with van der Waals surface area (Å²) in [6, 6.07) is 14.4. The molecule has 0 fully saturated rings. The Labute approximate surface area is 108 Å². The van der Waals surface area contributed by atoms with Crippen molar-refractivity contribution in [1.29, 1.82) is 0 Å². The maximum Gasteiger partial charge on any atom is 0.107 e. The van der Waals surface area contributed by atoms with E-state index < -0.39 is 0 Å². The van der Waals surface area contributed by atoms with E-state index in [2.05, 4.69) is 24.3 Å². The van der Waals surface area contributed by atoms with E-state index in [1.54, 1.807) is 6.26 Å². The Morgan fingerprint density at radius 1 is 1.06 bits per heavy atom. The van der Waals surface area contributed by atoms with E-state index in [-0.39, 0.29) is 12.4 Å². The molecular formula is C14H18ClNO. The Kier molecular flexibility index (Phi) is 5.81. The lowest BCUT2D eigenvalue weighted by molar-refractivity contribution is 0.446. The summed E-state index contributed by atoms with van der Waals surface area (Å²) in [5, 5.41) is 0. The first-order chi connectivity index (χ1) is 7.90. The summed E-state index contributed by atoms with van der Waals surface area (Å²) in [7, 11) is 0. The number of nitrogens with two attached hydrogens (primary N) is 1. The van der Waals surface area contributed by atoms with Crippen molar-refractivity contribution < 1.29 is 4.42 Å². The molecule has 1 heterocycles. The summed E-state index contributed by atoms with van der Waals surface area (Å²) in [6.07, 6.45) is 3.68. The average molecular weight is 252 g/mol. The Morgan fingerprint density at radius 3 is 2.41 bits per heavy atom. The second-order valence-corrected chi connectivity index (χ2v) is 3.98. The number of hydrogen-bond donors (Lipinski definition) is 1. The van der Waals surface area contributed by atoms with Gasteiger partial charge in [-0.05, 0) is 37.1 Å². The van der Waals surface area contributed by atoms with Gasteiger partial charge in [-0.3, -0.25) is 0 Å². The molecule has 2 nitrogen and oxygen atoms in total. The average Bonchev–Trinajstić information content (AvgIpc) is 2.83. The molecule has 0 aliphatic heterocycles. The number of benzene rings is 1. The SMILES string of the molecule is Cl.NCCC(Cc1ccccc1)c1ccco1. The lowest BCUT2D eigenvalue weighted by Gasteiger charge is -2.13. The highest BCUT2D eigenvalue weighted by Crippen LogP contribution is 2.24. The minimum absolute atomic E-state index is 0. The van der Waals surface area contributed by atoms with Crippen LogP contribution in [0.5, 0.6) is 0 Å². The van der Waals surface area contributed by atoms with Crippen molar-refractivity contribution in [3.05, 3.63) is 60.1 Å². The van der Waals surface area contributed by atoms with Crippen molar-refractivity contribution >= 4 is 12.4 Å². The van der Waals surface area contributed by atoms with E-state index in [1.165, 1.54) is 5.56 Å². The molecule has 2 N–H and O–H groups in total. The summed E-state index contributed by atoms with van der Waals surface area (Å²) >= 11 is 0. The fourth-order valence-corrected chi connectivity index (χ4v) is 1.97. The molecule has 2 rings (SSSR count). The van der Waals surface area contributed by atoms with E-state index in [4.69, 9.17) is 10.2 Å². The normalized spacial score (nSPS) is 11.8. The first kappa shape index (κ1) is 13.8. The van der Waals surface area contributed by atoms with Gasteiger partial charge in [0.25, 0.3) is 0 Å².